The van der Waals surface area contributed by atoms with Crippen molar-refractivity contribution in [2.45, 2.75) is 65.6 Å². The van der Waals surface area contributed by atoms with Crippen molar-refractivity contribution < 1.29 is 19.4 Å². The average molecular weight is 431 g/mol. The van der Waals surface area contributed by atoms with Crippen molar-refractivity contribution >= 4 is 23.2 Å². The van der Waals surface area contributed by atoms with Crippen LogP contribution in [0.3, 0.4) is 0 Å². The van der Waals surface area contributed by atoms with Crippen LogP contribution < -0.4 is 10.6 Å². The number of carbonyl (C=O) groups excluding carboxylic acids is 2. The number of ether oxygens (including phenoxy) is 1. The maximum absolute atomic E-state index is 11.8. The Hall–Kier alpha value is -1.31. The fraction of sp³-hybridized carbons (Fsp3) is 0.636. The molecule has 1 aromatic carbocycles. The van der Waals surface area contributed by atoms with Gasteiger partial charge in [-0.2, -0.15) is 0 Å². The van der Waals surface area contributed by atoms with Crippen LogP contribution in [0.1, 0.15) is 52.5 Å². The highest BCUT2D eigenvalue weighted by molar-refractivity contribution is 6.31. The van der Waals surface area contributed by atoms with Crippen LogP contribution in [0.25, 0.3) is 0 Å². The SMILES string of the molecule is C.CCC[C@H](NC)C(=O)CO.CCC[C@H](NC)C(=O)COCc1ccccc1Cl. The number of hydrogen-bond donors (Lipinski definition) is 3. The van der Waals surface area contributed by atoms with Crippen LogP contribution in [0.15, 0.2) is 24.3 Å². The molecule has 0 fully saturated rings. The molecule has 0 spiro atoms. The van der Waals surface area contributed by atoms with Crippen LogP contribution in [0, 0.1) is 0 Å². The number of rotatable bonds is 13. The van der Waals surface area contributed by atoms with Gasteiger partial charge in [0, 0.05) is 5.02 Å². The summed E-state index contributed by atoms with van der Waals surface area (Å²) in [4.78, 5) is 22.6. The topological polar surface area (TPSA) is 87.7 Å². The van der Waals surface area contributed by atoms with Gasteiger partial charge < -0.3 is 20.5 Å². The van der Waals surface area contributed by atoms with Gasteiger partial charge in [-0.05, 0) is 38.6 Å². The molecule has 1 aromatic rings. The number of benzene rings is 1. The summed E-state index contributed by atoms with van der Waals surface area (Å²) in [5, 5.41) is 15.0. The molecular formula is C22H39ClN2O4. The Morgan fingerprint density at radius 1 is 1.03 bits per heavy atom. The van der Waals surface area contributed by atoms with E-state index < -0.39 is 0 Å². The van der Waals surface area contributed by atoms with Gasteiger partial charge in [-0.3, -0.25) is 9.59 Å². The molecule has 168 valence electrons. The molecule has 0 heterocycles. The highest BCUT2D eigenvalue weighted by atomic mass is 35.5. The normalized spacial score (nSPS) is 12.2. The minimum atomic E-state index is -0.356. The van der Waals surface area contributed by atoms with Crippen molar-refractivity contribution in [2.75, 3.05) is 27.3 Å². The van der Waals surface area contributed by atoms with Crippen LogP contribution in [-0.2, 0) is 20.9 Å². The van der Waals surface area contributed by atoms with E-state index in [0.717, 1.165) is 31.2 Å². The van der Waals surface area contributed by atoms with Crippen LogP contribution in [0.5, 0.6) is 0 Å². The highest BCUT2D eigenvalue weighted by Gasteiger charge is 2.15. The van der Waals surface area contributed by atoms with E-state index in [1.807, 2.05) is 31.2 Å². The average Bonchev–Trinajstić information content (AvgIpc) is 2.71. The zero-order chi connectivity index (χ0) is 21.4. The molecular weight excluding hydrogens is 392 g/mol. The zero-order valence-corrected chi connectivity index (χ0v) is 18.2. The Morgan fingerprint density at radius 2 is 1.55 bits per heavy atom. The van der Waals surface area contributed by atoms with Crippen LogP contribution in [0.4, 0.5) is 0 Å². The van der Waals surface area contributed by atoms with Crippen molar-refractivity contribution in [1.29, 1.82) is 0 Å². The van der Waals surface area contributed by atoms with E-state index in [4.69, 9.17) is 21.4 Å². The molecule has 0 bridgehead atoms. The van der Waals surface area contributed by atoms with Gasteiger partial charge in [-0.1, -0.05) is 63.9 Å². The highest BCUT2D eigenvalue weighted by Crippen LogP contribution is 2.15. The number of hydrogen-bond acceptors (Lipinski definition) is 6. The van der Waals surface area contributed by atoms with Crippen LogP contribution in [0.2, 0.25) is 5.02 Å². The Kier molecular flexibility index (Phi) is 19.3. The number of aliphatic hydroxyl groups is 1. The third kappa shape index (κ3) is 12.8. The lowest BCUT2D eigenvalue weighted by Crippen LogP contribution is -2.36. The summed E-state index contributed by atoms with van der Waals surface area (Å²) in [6, 6.07) is 7.22. The molecule has 6 nitrogen and oxygen atoms in total. The Labute approximate surface area is 181 Å². The number of carbonyl (C=O) groups is 2. The maximum atomic E-state index is 11.8. The second kappa shape index (κ2) is 18.7. The number of nitrogens with one attached hydrogen (secondary N) is 2. The molecule has 0 saturated heterocycles. The van der Waals surface area contributed by atoms with E-state index in [1.54, 1.807) is 14.1 Å². The van der Waals surface area contributed by atoms with Crippen molar-refractivity contribution in [1.82, 2.24) is 10.6 Å². The Bertz CT molecular complexity index is 569. The molecule has 29 heavy (non-hydrogen) atoms. The van der Waals surface area contributed by atoms with Gasteiger partial charge >= 0.3 is 0 Å². The Morgan fingerprint density at radius 3 is 2.00 bits per heavy atom. The number of aliphatic hydroxyl groups excluding tert-OH is 1. The van der Waals surface area contributed by atoms with E-state index in [9.17, 15) is 9.59 Å². The summed E-state index contributed by atoms with van der Waals surface area (Å²) >= 11 is 6.00. The monoisotopic (exact) mass is 430 g/mol. The standard InChI is InChI=1S/C14H20ClNO2.C7H15NO2.CH4/c1-3-6-13(16-2)14(17)10-18-9-11-7-4-5-8-12(11)15;1-3-4-6(8-2)7(10)5-9;/h4-5,7-8,13,16H,3,6,9-10H2,1-2H3;6,8-9H,3-5H2,1-2H3;1H4/t13-;6-;/m00./s1. The first kappa shape index (κ1) is 29.9. The van der Waals surface area contributed by atoms with Gasteiger partial charge in [0.1, 0.15) is 13.2 Å². The van der Waals surface area contributed by atoms with Crippen LogP contribution in [-0.4, -0.2) is 56.1 Å². The van der Waals surface area contributed by atoms with E-state index in [1.165, 1.54) is 0 Å². The summed E-state index contributed by atoms with van der Waals surface area (Å²) in [6.07, 6.45) is 3.57. The molecule has 0 aliphatic rings. The summed E-state index contributed by atoms with van der Waals surface area (Å²) < 4.78 is 5.42. The second-order valence-corrected chi connectivity index (χ2v) is 6.84. The zero-order valence-electron chi connectivity index (χ0n) is 17.5. The molecule has 0 aliphatic heterocycles. The molecule has 2 atom stereocenters. The fourth-order valence-electron chi connectivity index (χ4n) is 2.60. The minimum Gasteiger partial charge on any atom is -0.389 e. The van der Waals surface area contributed by atoms with Gasteiger partial charge in [0.15, 0.2) is 11.6 Å². The molecule has 0 radical (unpaired) electrons. The lowest BCUT2D eigenvalue weighted by Gasteiger charge is -2.14. The summed E-state index contributed by atoms with van der Waals surface area (Å²) in [5.74, 6) is -0.0317. The predicted molar refractivity (Wildman–Crippen MR) is 120 cm³/mol. The first-order valence-corrected chi connectivity index (χ1v) is 10.1. The van der Waals surface area contributed by atoms with E-state index in [0.29, 0.717) is 11.6 Å². The van der Waals surface area contributed by atoms with Gasteiger partial charge in [-0.15, -0.1) is 0 Å². The number of ketones is 2. The molecule has 7 heteroatoms. The first-order chi connectivity index (χ1) is 13.4. The van der Waals surface area contributed by atoms with Gasteiger partial charge in [0.05, 0.1) is 18.7 Å². The Balaban J connectivity index is 0. The quantitative estimate of drug-likeness (QED) is 0.444. The molecule has 0 unspecified atom stereocenters. The third-order valence-corrected chi connectivity index (χ3v) is 4.61. The number of likely N-dealkylation sites (N-methyl/N-ethyl adjacent to an activating group) is 2. The summed E-state index contributed by atoms with van der Waals surface area (Å²) in [5.41, 5.74) is 0.906. The van der Waals surface area contributed by atoms with E-state index in [-0.39, 0.29) is 44.3 Å². The van der Waals surface area contributed by atoms with Crippen molar-refractivity contribution in [3.63, 3.8) is 0 Å². The molecule has 0 aliphatic carbocycles. The van der Waals surface area contributed by atoms with Gasteiger partial charge in [-0.25, -0.2) is 0 Å². The van der Waals surface area contributed by atoms with Crippen molar-refractivity contribution in [3.8, 4) is 0 Å². The van der Waals surface area contributed by atoms with Crippen molar-refractivity contribution in [3.05, 3.63) is 34.9 Å². The van der Waals surface area contributed by atoms with Gasteiger partial charge in [0.2, 0.25) is 0 Å². The van der Waals surface area contributed by atoms with Crippen LogP contribution >= 0.6 is 11.6 Å². The smallest absolute Gasteiger partial charge is 0.175 e. The van der Waals surface area contributed by atoms with Crippen molar-refractivity contribution in [2.24, 2.45) is 0 Å². The lowest BCUT2D eigenvalue weighted by molar-refractivity contribution is -0.126. The molecule has 3 N–H and O–H groups in total. The predicted octanol–water partition coefficient (Wildman–Crippen LogP) is 3.39. The minimum absolute atomic E-state index is 0. The second-order valence-electron chi connectivity index (χ2n) is 6.43. The number of halogens is 1. The maximum Gasteiger partial charge on any atom is 0.175 e. The molecule has 0 amide bonds. The molecule has 0 saturated carbocycles. The molecule has 1 rings (SSSR count). The number of Topliss-reactive ketones (excluding diaryl/α,β-unsaturated/α-hetero) is 2. The lowest BCUT2D eigenvalue weighted by atomic mass is 10.1. The fourth-order valence-corrected chi connectivity index (χ4v) is 2.79. The van der Waals surface area contributed by atoms with E-state index in [2.05, 4.69) is 17.6 Å². The summed E-state index contributed by atoms with van der Waals surface area (Å²) in [6.45, 7) is 4.20. The summed E-state index contributed by atoms with van der Waals surface area (Å²) in [7, 11) is 3.53. The van der Waals surface area contributed by atoms with E-state index >= 15 is 0 Å². The largest absolute Gasteiger partial charge is 0.389 e. The first-order valence-electron chi connectivity index (χ1n) is 9.76. The molecule has 0 aromatic heterocycles. The van der Waals surface area contributed by atoms with Gasteiger partial charge in [0.25, 0.3) is 0 Å². The third-order valence-electron chi connectivity index (χ3n) is 4.24.